The van der Waals surface area contributed by atoms with E-state index in [2.05, 4.69) is 5.32 Å². The van der Waals surface area contributed by atoms with Gasteiger partial charge in [-0.1, -0.05) is 84.4 Å². The smallest absolute Gasteiger partial charge is 0.247 e. The van der Waals surface area contributed by atoms with E-state index in [4.69, 9.17) is 16.3 Å². The predicted molar refractivity (Wildman–Crippen MR) is 140 cm³/mol. The number of hydrogen-bond acceptors (Lipinski definition) is 3. The van der Waals surface area contributed by atoms with Gasteiger partial charge in [0.25, 0.3) is 0 Å². The van der Waals surface area contributed by atoms with Crippen molar-refractivity contribution in [3.63, 3.8) is 0 Å². The number of carbonyl (C=O) groups excluding carboxylic acids is 2. The molecule has 0 spiro atoms. The standard InChI is InChI=1S/C29H33ClN2O3/c1-2-35-21-9-20-31-29(34)28(25-12-7-4-8-13-25)32(22-24-14-17-26(30)18-15-24)27(33)19-16-23-10-5-3-6-11-23/h3-8,10-15,17-18,28H,2,9,16,19-22H2,1H3,(H,31,34)/t28-/m0/s1. The van der Waals surface area contributed by atoms with Crippen molar-refractivity contribution in [2.24, 2.45) is 0 Å². The van der Waals surface area contributed by atoms with Crippen LogP contribution in [0.25, 0.3) is 0 Å². The zero-order chi connectivity index (χ0) is 24.9. The fourth-order valence-electron chi connectivity index (χ4n) is 3.88. The molecule has 0 aromatic heterocycles. The number of amides is 2. The first kappa shape index (κ1) is 26.5. The van der Waals surface area contributed by atoms with Gasteiger partial charge in [0.2, 0.25) is 11.8 Å². The van der Waals surface area contributed by atoms with E-state index >= 15 is 0 Å². The van der Waals surface area contributed by atoms with Crippen LogP contribution < -0.4 is 5.32 Å². The molecule has 35 heavy (non-hydrogen) atoms. The van der Waals surface area contributed by atoms with E-state index < -0.39 is 6.04 Å². The monoisotopic (exact) mass is 492 g/mol. The van der Waals surface area contributed by atoms with Crippen LogP contribution >= 0.6 is 11.6 Å². The maximum Gasteiger partial charge on any atom is 0.247 e. The van der Waals surface area contributed by atoms with Crippen molar-refractivity contribution in [3.05, 3.63) is 107 Å². The maximum atomic E-state index is 13.6. The number of hydrogen-bond donors (Lipinski definition) is 1. The number of ether oxygens (including phenoxy) is 1. The molecule has 0 saturated carbocycles. The third-order valence-electron chi connectivity index (χ3n) is 5.70. The normalized spacial score (nSPS) is 11.6. The highest BCUT2D eigenvalue weighted by Gasteiger charge is 2.31. The van der Waals surface area contributed by atoms with Crippen LogP contribution in [0.2, 0.25) is 5.02 Å². The highest BCUT2D eigenvalue weighted by atomic mass is 35.5. The van der Waals surface area contributed by atoms with Gasteiger partial charge in [0.15, 0.2) is 0 Å². The molecule has 1 N–H and O–H groups in total. The Bertz CT molecular complexity index is 1040. The molecule has 6 heteroatoms. The topological polar surface area (TPSA) is 58.6 Å². The second-order valence-electron chi connectivity index (χ2n) is 8.29. The van der Waals surface area contributed by atoms with Gasteiger partial charge in [0, 0.05) is 37.7 Å². The summed E-state index contributed by atoms with van der Waals surface area (Å²) in [7, 11) is 0. The Labute approximate surface area is 213 Å². The lowest BCUT2D eigenvalue weighted by Crippen LogP contribution is -2.43. The molecule has 2 amide bonds. The molecule has 0 unspecified atom stereocenters. The Hall–Kier alpha value is -3.15. The van der Waals surface area contributed by atoms with Crippen LogP contribution in [0.1, 0.15) is 42.5 Å². The molecule has 0 saturated heterocycles. The lowest BCUT2D eigenvalue weighted by Gasteiger charge is -2.32. The molecule has 0 aliphatic carbocycles. The van der Waals surface area contributed by atoms with Crippen molar-refractivity contribution in [1.82, 2.24) is 10.2 Å². The number of halogens is 1. The van der Waals surface area contributed by atoms with Crippen LogP contribution in [0.5, 0.6) is 0 Å². The van der Waals surface area contributed by atoms with Crippen LogP contribution in [0.4, 0.5) is 0 Å². The largest absolute Gasteiger partial charge is 0.382 e. The van der Waals surface area contributed by atoms with Gasteiger partial charge < -0.3 is 15.0 Å². The van der Waals surface area contributed by atoms with E-state index in [0.29, 0.717) is 50.6 Å². The Morgan fingerprint density at radius 1 is 0.914 bits per heavy atom. The zero-order valence-electron chi connectivity index (χ0n) is 20.2. The molecule has 0 radical (unpaired) electrons. The van der Waals surface area contributed by atoms with Crippen LogP contribution in [0.15, 0.2) is 84.9 Å². The molecule has 0 aliphatic rings. The van der Waals surface area contributed by atoms with Crippen LogP contribution in [-0.4, -0.2) is 36.5 Å². The van der Waals surface area contributed by atoms with Gasteiger partial charge in [0.05, 0.1) is 0 Å². The number of nitrogens with one attached hydrogen (secondary N) is 1. The van der Waals surface area contributed by atoms with Gasteiger partial charge in [0.1, 0.15) is 6.04 Å². The molecule has 184 valence electrons. The Kier molecular flexibility index (Phi) is 10.8. The quantitative estimate of drug-likeness (QED) is 0.317. The molecule has 0 heterocycles. The second-order valence-corrected chi connectivity index (χ2v) is 8.72. The minimum absolute atomic E-state index is 0.0814. The van der Waals surface area contributed by atoms with Gasteiger partial charge in [-0.15, -0.1) is 0 Å². The van der Waals surface area contributed by atoms with Crippen molar-refractivity contribution in [1.29, 1.82) is 0 Å². The molecule has 0 fully saturated rings. The van der Waals surface area contributed by atoms with Gasteiger partial charge >= 0.3 is 0 Å². The Balaban J connectivity index is 1.85. The summed E-state index contributed by atoms with van der Waals surface area (Å²) in [4.78, 5) is 28.8. The summed E-state index contributed by atoms with van der Waals surface area (Å²) >= 11 is 6.08. The third-order valence-corrected chi connectivity index (χ3v) is 5.95. The van der Waals surface area contributed by atoms with Crippen LogP contribution in [0, 0.1) is 0 Å². The van der Waals surface area contributed by atoms with Crippen molar-refractivity contribution >= 4 is 23.4 Å². The van der Waals surface area contributed by atoms with Gasteiger partial charge in [-0.3, -0.25) is 9.59 Å². The highest BCUT2D eigenvalue weighted by molar-refractivity contribution is 6.30. The summed E-state index contributed by atoms with van der Waals surface area (Å²) in [6, 6.07) is 26.0. The van der Waals surface area contributed by atoms with E-state index in [9.17, 15) is 9.59 Å². The first-order valence-electron chi connectivity index (χ1n) is 12.1. The van der Waals surface area contributed by atoms with Crippen molar-refractivity contribution in [2.75, 3.05) is 19.8 Å². The van der Waals surface area contributed by atoms with Gasteiger partial charge in [-0.25, -0.2) is 0 Å². The average molecular weight is 493 g/mol. The molecular weight excluding hydrogens is 460 g/mol. The molecule has 3 rings (SSSR count). The number of carbonyl (C=O) groups is 2. The lowest BCUT2D eigenvalue weighted by molar-refractivity contribution is -0.141. The van der Waals surface area contributed by atoms with Crippen LogP contribution in [0.3, 0.4) is 0 Å². The number of nitrogens with zero attached hydrogens (tertiary/aromatic N) is 1. The molecule has 5 nitrogen and oxygen atoms in total. The Morgan fingerprint density at radius 2 is 1.57 bits per heavy atom. The first-order chi connectivity index (χ1) is 17.1. The van der Waals surface area contributed by atoms with Crippen molar-refractivity contribution < 1.29 is 14.3 Å². The summed E-state index contributed by atoms with van der Waals surface area (Å²) in [5, 5.41) is 3.64. The SMILES string of the molecule is CCOCCCNC(=O)[C@H](c1ccccc1)N(Cc1ccc(Cl)cc1)C(=O)CCc1ccccc1. The fraction of sp³-hybridized carbons (Fsp3) is 0.310. The average Bonchev–Trinajstić information content (AvgIpc) is 2.89. The summed E-state index contributed by atoms with van der Waals surface area (Å²) in [6.45, 7) is 3.95. The minimum Gasteiger partial charge on any atom is -0.382 e. The van der Waals surface area contributed by atoms with Crippen molar-refractivity contribution in [2.45, 2.75) is 38.8 Å². The van der Waals surface area contributed by atoms with E-state index in [1.807, 2.05) is 79.7 Å². The van der Waals surface area contributed by atoms with E-state index in [1.165, 1.54) is 0 Å². The Morgan fingerprint density at radius 3 is 2.23 bits per heavy atom. The molecule has 3 aromatic rings. The first-order valence-corrected chi connectivity index (χ1v) is 12.4. The molecular formula is C29H33ClN2O3. The summed E-state index contributed by atoms with van der Waals surface area (Å²) in [5.41, 5.74) is 2.77. The molecule has 1 atom stereocenters. The third kappa shape index (κ3) is 8.53. The predicted octanol–water partition coefficient (Wildman–Crippen LogP) is 5.59. The molecule has 3 aromatic carbocycles. The molecule has 0 bridgehead atoms. The van der Waals surface area contributed by atoms with Crippen LogP contribution in [-0.2, 0) is 27.3 Å². The number of rotatable bonds is 13. The number of aryl methyl sites for hydroxylation is 1. The zero-order valence-corrected chi connectivity index (χ0v) is 20.9. The lowest BCUT2D eigenvalue weighted by atomic mass is 10.0. The highest BCUT2D eigenvalue weighted by Crippen LogP contribution is 2.25. The van der Waals surface area contributed by atoms with Gasteiger partial charge in [-0.2, -0.15) is 0 Å². The van der Waals surface area contributed by atoms with E-state index in [1.54, 1.807) is 17.0 Å². The minimum atomic E-state index is -0.748. The fourth-order valence-corrected chi connectivity index (χ4v) is 4.01. The molecule has 0 aliphatic heterocycles. The summed E-state index contributed by atoms with van der Waals surface area (Å²) in [5.74, 6) is -0.281. The van der Waals surface area contributed by atoms with Gasteiger partial charge in [-0.05, 0) is 48.6 Å². The van der Waals surface area contributed by atoms with E-state index in [-0.39, 0.29) is 11.8 Å². The maximum absolute atomic E-state index is 13.6. The second kappa shape index (κ2) is 14.3. The number of benzene rings is 3. The summed E-state index contributed by atoms with van der Waals surface area (Å²) in [6.07, 6.45) is 1.62. The van der Waals surface area contributed by atoms with Crippen molar-refractivity contribution in [3.8, 4) is 0 Å². The summed E-state index contributed by atoms with van der Waals surface area (Å²) < 4.78 is 5.38. The van der Waals surface area contributed by atoms with E-state index in [0.717, 1.165) is 16.7 Å².